The summed E-state index contributed by atoms with van der Waals surface area (Å²) < 4.78 is 3.11. The van der Waals surface area contributed by atoms with Crippen LogP contribution in [0.15, 0.2) is 22.8 Å². The van der Waals surface area contributed by atoms with Crippen LogP contribution in [-0.2, 0) is 6.42 Å². The van der Waals surface area contributed by atoms with Crippen molar-refractivity contribution in [2.45, 2.75) is 13.3 Å². The van der Waals surface area contributed by atoms with E-state index in [-0.39, 0.29) is 0 Å². The Kier molecular flexibility index (Phi) is 2.56. The summed E-state index contributed by atoms with van der Waals surface area (Å²) in [6, 6.07) is 3.99. The zero-order valence-corrected chi connectivity index (χ0v) is 9.58. The number of halogens is 1. The van der Waals surface area contributed by atoms with Crippen molar-refractivity contribution in [3.63, 3.8) is 0 Å². The van der Waals surface area contributed by atoms with Crippen molar-refractivity contribution in [2.24, 2.45) is 5.73 Å². The Morgan fingerprint density at radius 1 is 1.57 bits per heavy atom. The zero-order chi connectivity index (χ0) is 10.1. The van der Waals surface area contributed by atoms with E-state index in [0.717, 1.165) is 22.2 Å². The molecule has 2 heterocycles. The van der Waals surface area contributed by atoms with Crippen LogP contribution in [0, 0.1) is 6.92 Å². The molecule has 0 fully saturated rings. The van der Waals surface area contributed by atoms with Crippen molar-refractivity contribution in [3.05, 3.63) is 34.2 Å². The number of aryl methyl sites for hydroxylation is 1. The number of aromatic nitrogens is 2. The van der Waals surface area contributed by atoms with Gasteiger partial charge < -0.3 is 10.1 Å². The van der Waals surface area contributed by atoms with Gasteiger partial charge in [-0.1, -0.05) is 0 Å². The highest BCUT2D eigenvalue weighted by Gasteiger charge is 2.08. The molecule has 0 saturated carbocycles. The van der Waals surface area contributed by atoms with E-state index in [1.165, 1.54) is 5.69 Å². The van der Waals surface area contributed by atoms with Gasteiger partial charge in [-0.3, -0.25) is 0 Å². The minimum atomic E-state index is 0.654. The maximum atomic E-state index is 5.56. The van der Waals surface area contributed by atoms with Gasteiger partial charge in [0.05, 0.1) is 10.2 Å². The van der Waals surface area contributed by atoms with Gasteiger partial charge in [0.2, 0.25) is 0 Å². The van der Waals surface area contributed by atoms with Gasteiger partial charge >= 0.3 is 0 Å². The Balaban J connectivity index is 2.70. The van der Waals surface area contributed by atoms with Gasteiger partial charge in [0.25, 0.3) is 0 Å². The van der Waals surface area contributed by atoms with Crippen molar-refractivity contribution in [1.29, 1.82) is 0 Å². The number of fused-ring (bicyclic) bond motifs is 1. The van der Waals surface area contributed by atoms with Crippen LogP contribution in [-0.4, -0.2) is 15.9 Å². The van der Waals surface area contributed by atoms with Crippen molar-refractivity contribution >= 4 is 21.6 Å². The summed E-state index contributed by atoms with van der Waals surface area (Å²) in [7, 11) is 0. The van der Waals surface area contributed by atoms with Crippen molar-refractivity contribution in [1.82, 2.24) is 9.38 Å². The summed E-state index contributed by atoms with van der Waals surface area (Å²) in [6.45, 7) is 2.67. The molecule has 74 valence electrons. The Morgan fingerprint density at radius 3 is 3.07 bits per heavy atom. The van der Waals surface area contributed by atoms with Crippen LogP contribution in [0.2, 0.25) is 0 Å². The Bertz CT molecular complexity index is 462. The molecule has 0 amide bonds. The van der Waals surface area contributed by atoms with Crippen LogP contribution in [0.1, 0.15) is 11.4 Å². The SMILES string of the molecule is Cc1nc2c(Br)cccn2c1CCN. The molecule has 0 aliphatic rings. The second kappa shape index (κ2) is 3.71. The summed E-state index contributed by atoms with van der Waals surface area (Å²) in [5.74, 6) is 0. The first kappa shape index (κ1) is 9.68. The number of nitrogens with two attached hydrogens (primary N) is 1. The summed E-state index contributed by atoms with van der Waals surface area (Å²) in [5, 5.41) is 0. The third-order valence-corrected chi connectivity index (χ3v) is 2.90. The van der Waals surface area contributed by atoms with E-state index in [0.29, 0.717) is 6.54 Å². The highest BCUT2D eigenvalue weighted by Crippen LogP contribution is 2.20. The first-order valence-electron chi connectivity index (χ1n) is 4.56. The second-order valence-corrected chi connectivity index (χ2v) is 4.09. The topological polar surface area (TPSA) is 43.3 Å². The van der Waals surface area contributed by atoms with Crippen molar-refractivity contribution in [3.8, 4) is 0 Å². The van der Waals surface area contributed by atoms with Gasteiger partial charge in [0, 0.05) is 18.3 Å². The minimum absolute atomic E-state index is 0.654. The molecule has 0 atom stereocenters. The van der Waals surface area contributed by atoms with Crippen LogP contribution in [0.5, 0.6) is 0 Å². The lowest BCUT2D eigenvalue weighted by Crippen LogP contribution is -2.06. The standard InChI is InChI=1S/C10H12BrN3/c1-7-9(4-5-12)14-6-2-3-8(11)10(14)13-7/h2-3,6H,4-5,12H2,1H3. The predicted molar refractivity (Wildman–Crippen MR) is 60.4 cm³/mol. The van der Waals surface area contributed by atoms with Gasteiger partial charge in [-0.15, -0.1) is 0 Å². The summed E-state index contributed by atoms with van der Waals surface area (Å²) in [4.78, 5) is 4.49. The van der Waals surface area contributed by atoms with E-state index in [2.05, 4.69) is 25.3 Å². The molecule has 0 aliphatic heterocycles. The Labute approximate surface area is 91.1 Å². The molecule has 0 aliphatic carbocycles. The second-order valence-electron chi connectivity index (χ2n) is 3.23. The predicted octanol–water partition coefficient (Wildman–Crippen LogP) is 1.91. The molecular formula is C10H12BrN3. The first-order valence-corrected chi connectivity index (χ1v) is 5.35. The van der Waals surface area contributed by atoms with E-state index >= 15 is 0 Å². The van der Waals surface area contributed by atoms with E-state index < -0.39 is 0 Å². The fourth-order valence-corrected chi connectivity index (χ4v) is 2.07. The molecule has 0 bridgehead atoms. The van der Waals surface area contributed by atoms with Crippen LogP contribution < -0.4 is 5.73 Å². The van der Waals surface area contributed by atoms with Gasteiger partial charge in [0.1, 0.15) is 0 Å². The Hall–Kier alpha value is -0.870. The molecule has 0 spiro atoms. The molecule has 4 heteroatoms. The fraction of sp³-hybridized carbons (Fsp3) is 0.300. The van der Waals surface area contributed by atoms with E-state index in [1.807, 2.05) is 25.3 Å². The average molecular weight is 254 g/mol. The first-order chi connectivity index (χ1) is 6.74. The van der Waals surface area contributed by atoms with Crippen LogP contribution in [0.3, 0.4) is 0 Å². The number of hydrogen-bond acceptors (Lipinski definition) is 2. The molecule has 2 rings (SSSR count). The molecule has 0 saturated heterocycles. The van der Waals surface area contributed by atoms with Crippen LogP contribution in [0.4, 0.5) is 0 Å². The average Bonchev–Trinajstić information content (AvgIpc) is 2.47. The number of imidazole rings is 1. The molecule has 14 heavy (non-hydrogen) atoms. The van der Waals surface area contributed by atoms with Crippen LogP contribution >= 0.6 is 15.9 Å². The molecule has 3 nitrogen and oxygen atoms in total. The maximum Gasteiger partial charge on any atom is 0.151 e. The molecule has 0 unspecified atom stereocenters. The lowest BCUT2D eigenvalue weighted by molar-refractivity contribution is 0.893. The smallest absolute Gasteiger partial charge is 0.151 e. The third kappa shape index (κ3) is 1.44. The third-order valence-electron chi connectivity index (χ3n) is 2.28. The summed E-state index contributed by atoms with van der Waals surface area (Å²) in [5.41, 5.74) is 8.79. The summed E-state index contributed by atoms with van der Waals surface area (Å²) in [6.07, 6.45) is 2.88. The van der Waals surface area contributed by atoms with Gasteiger partial charge in [0.15, 0.2) is 5.65 Å². The largest absolute Gasteiger partial charge is 0.330 e. The normalized spacial score (nSPS) is 11.1. The fourth-order valence-electron chi connectivity index (χ4n) is 1.63. The molecule has 0 radical (unpaired) electrons. The number of hydrogen-bond donors (Lipinski definition) is 1. The highest BCUT2D eigenvalue weighted by atomic mass is 79.9. The lowest BCUT2D eigenvalue weighted by Gasteiger charge is -2.00. The van der Waals surface area contributed by atoms with E-state index in [4.69, 9.17) is 5.73 Å². The van der Waals surface area contributed by atoms with Gasteiger partial charge in [-0.25, -0.2) is 4.98 Å². The van der Waals surface area contributed by atoms with Gasteiger partial charge in [-0.2, -0.15) is 0 Å². The molecule has 2 N–H and O–H groups in total. The van der Waals surface area contributed by atoms with Crippen molar-refractivity contribution < 1.29 is 0 Å². The van der Waals surface area contributed by atoms with Crippen molar-refractivity contribution in [2.75, 3.05) is 6.54 Å². The molecule has 2 aromatic heterocycles. The lowest BCUT2D eigenvalue weighted by atomic mass is 10.2. The molecule has 2 aromatic rings. The molecule has 0 aromatic carbocycles. The monoisotopic (exact) mass is 253 g/mol. The highest BCUT2D eigenvalue weighted by molar-refractivity contribution is 9.10. The molecular weight excluding hydrogens is 242 g/mol. The number of nitrogens with zero attached hydrogens (tertiary/aromatic N) is 2. The van der Waals surface area contributed by atoms with Gasteiger partial charge in [-0.05, 0) is 41.5 Å². The van der Waals surface area contributed by atoms with E-state index in [9.17, 15) is 0 Å². The van der Waals surface area contributed by atoms with Crippen LogP contribution in [0.25, 0.3) is 5.65 Å². The summed E-state index contributed by atoms with van der Waals surface area (Å²) >= 11 is 3.48. The number of pyridine rings is 1. The maximum absolute atomic E-state index is 5.56. The zero-order valence-electron chi connectivity index (χ0n) is 8.00. The minimum Gasteiger partial charge on any atom is -0.330 e. The van der Waals surface area contributed by atoms with E-state index in [1.54, 1.807) is 0 Å². The quantitative estimate of drug-likeness (QED) is 0.889. The Morgan fingerprint density at radius 2 is 2.36 bits per heavy atom. The number of rotatable bonds is 2.